The molecule has 0 saturated carbocycles. The first-order chi connectivity index (χ1) is 7.47. The summed E-state index contributed by atoms with van der Waals surface area (Å²) >= 11 is 0. The van der Waals surface area contributed by atoms with E-state index in [0.29, 0.717) is 0 Å². The van der Waals surface area contributed by atoms with E-state index >= 15 is 0 Å². The Labute approximate surface area is 100.0 Å². The van der Waals surface area contributed by atoms with E-state index in [9.17, 15) is 0 Å². The number of allylic oxidation sites excluding steroid dienone is 5. The Balaban J connectivity index is 3.87. The highest BCUT2D eigenvalue weighted by Gasteiger charge is 1.93. The summed E-state index contributed by atoms with van der Waals surface area (Å²) in [7, 11) is 0. The van der Waals surface area contributed by atoms with Crippen LogP contribution in [0, 0.1) is 0 Å². The summed E-state index contributed by atoms with van der Waals surface area (Å²) in [6.45, 7) is 18.6. The summed E-state index contributed by atoms with van der Waals surface area (Å²) in [4.78, 5) is 0. The molecule has 0 bridgehead atoms. The van der Waals surface area contributed by atoms with Gasteiger partial charge in [0.05, 0.1) is 0 Å². The quantitative estimate of drug-likeness (QED) is 0.632. The third-order valence-electron chi connectivity index (χ3n) is 2.34. The van der Waals surface area contributed by atoms with Gasteiger partial charge in [-0.05, 0) is 32.8 Å². The Bertz CT molecular complexity index is 329. The number of hydrogen-bond donors (Lipinski definition) is 1. The van der Waals surface area contributed by atoms with Crippen LogP contribution in [0.5, 0.6) is 0 Å². The van der Waals surface area contributed by atoms with Crippen LogP contribution in [0.1, 0.15) is 27.2 Å². The first-order valence-electron chi connectivity index (χ1n) is 5.54. The third-order valence-corrected chi connectivity index (χ3v) is 2.34. The van der Waals surface area contributed by atoms with Gasteiger partial charge in [0.2, 0.25) is 0 Å². The fourth-order valence-electron chi connectivity index (χ4n) is 0.954. The highest BCUT2D eigenvalue weighted by molar-refractivity contribution is 5.25. The number of hydrogen-bond acceptors (Lipinski definition) is 1. The molecule has 0 aromatic heterocycles. The second-order valence-corrected chi connectivity index (χ2v) is 3.96. The maximum Gasteiger partial charge on any atom is 0.0290 e. The second kappa shape index (κ2) is 7.75. The average Bonchev–Trinajstić information content (AvgIpc) is 2.25. The van der Waals surface area contributed by atoms with Crippen molar-refractivity contribution in [2.75, 3.05) is 6.54 Å². The van der Waals surface area contributed by atoms with E-state index in [-0.39, 0.29) is 0 Å². The Kier molecular flexibility index (Phi) is 7.02. The Morgan fingerprint density at radius 1 is 1.12 bits per heavy atom. The van der Waals surface area contributed by atoms with Crippen LogP contribution in [0.15, 0.2) is 60.4 Å². The van der Waals surface area contributed by atoms with E-state index in [0.717, 1.165) is 29.8 Å². The van der Waals surface area contributed by atoms with Crippen LogP contribution >= 0.6 is 0 Å². The van der Waals surface area contributed by atoms with Crippen molar-refractivity contribution >= 4 is 0 Å². The van der Waals surface area contributed by atoms with Gasteiger partial charge in [0, 0.05) is 12.2 Å². The van der Waals surface area contributed by atoms with Gasteiger partial charge in [-0.25, -0.2) is 0 Å². The van der Waals surface area contributed by atoms with Gasteiger partial charge in [0.25, 0.3) is 0 Å². The monoisotopic (exact) mass is 217 g/mol. The van der Waals surface area contributed by atoms with Crippen LogP contribution in [0.2, 0.25) is 0 Å². The lowest BCUT2D eigenvalue weighted by atomic mass is 10.1. The molecule has 0 aliphatic heterocycles. The van der Waals surface area contributed by atoms with E-state index in [4.69, 9.17) is 0 Å². The molecule has 0 radical (unpaired) electrons. The number of nitrogens with one attached hydrogen (secondary N) is 1. The molecule has 0 unspecified atom stereocenters. The zero-order valence-electron chi connectivity index (χ0n) is 10.8. The van der Waals surface area contributed by atoms with Gasteiger partial charge in [-0.15, -0.1) is 0 Å². The molecule has 0 spiro atoms. The molecule has 0 rings (SSSR count). The molecule has 0 aliphatic carbocycles. The Morgan fingerprint density at radius 2 is 1.75 bits per heavy atom. The van der Waals surface area contributed by atoms with E-state index < -0.39 is 0 Å². The lowest BCUT2D eigenvalue weighted by Crippen LogP contribution is -2.14. The molecule has 88 valence electrons. The molecule has 16 heavy (non-hydrogen) atoms. The van der Waals surface area contributed by atoms with Crippen molar-refractivity contribution in [1.29, 1.82) is 0 Å². The molecule has 0 atom stereocenters. The topological polar surface area (TPSA) is 12.0 Å². The van der Waals surface area contributed by atoms with Crippen molar-refractivity contribution in [2.45, 2.75) is 27.2 Å². The van der Waals surface area contributed by atoms with Crippen molar-refractivity contribution in [2.24, 2.45) is 0 Å². The van der Waals surface area contributed by atoms with E-state index in [1.807, 2.05) is 13.8 Å². The minimum absolute atomic E-state index is 0.851. The summed E-state index contributed by atoms with van der Waals surface area (Å²) < 4.78 is 0. The Hall–Kier alpha value is -1.50. The zero-order valence-corrected chi connectivity index (χ0v) is 10.8. The lowest BCUT2D eigenvalue weighted by molar-refractivity contribution is 0.801. The van der Waals surface area contributed by atoms with Crippen molar-refractivity contribution in [3.63, 3.8) is 0 Å². The summed E-state index contributed by atoms with van der Waals surface area (Å²) in [5, 5.41) is 3.21. The van der Waals surface area contributed by atoms with Crippen LogP contribution in [-0.4, -0.2) is 6.54 Å². The molecular formula is C15H23N. The third kappa shape index (κ3) is 6.88. The fraction of sp³-hybridized carbons (Fsp3) is 0.333. The molecule has 0 heterocycles. The number of rotatable bonds is 7. The van der Waals surface area contributed by atoms with Gasteiger partial charge in [0.1, 0.15) is 0 Å². The predicted octanol–water partition coefficient (Wildman–Crippen LogP) is 4.13. The average molecular weight is 217 g/mol. The summed E-state index contributed by atoms with van der Waals surface area (Å²) in [6.07, 6.45) is 7.13. The second-order valence-electron chi connectivity index (χ2n) is 3.96. The molecule has 0 fully saturated rings. The molecule has 0 aromatic carbocycles. The Morgan fingerprint density at radius 3 is 2.25 bits per heavy atom. The smallest absolute Gasteiger partial charge is 0.0290 e. The van der Waals surface area contributed by atoms with Crippen molar-refractivity contribution in [1.82, 2.24) is 5.32 Å². The SMILES string of the molecule is C=C(/C=C\C(C)=C/C)CCNC(=C)C(=C)C. The van der Waals surface area contributed by atoms with Gasteiger partial charge >= 0.3 is 0 Å². The van der Waals surface area contributed by atoms with E-state index in [1.54, 1.807) is 0 Å². The standard InChI is InChI=1S/C15H23N/c1-7-13(4)8-9-14(5)10-11-16-15(6)12(2)3/h7-9,16H,2,5-6,10-11H2,1,3-4H3/b9-8-,13-7-. The maximum absolute atomic E-state index is 4.00. The molecule has 0 aromatic rings. The first kappa shape index (κ1) is 14.5. The first-order valence-corrected chi connectivity index (χ1v) is 5.54. The van der Waals surface area contributed by atoms with Crippen LogP contribution in [0.3, 0.4) is 0 Å². The van der Waals surface area contributed by atoms with Crippen LogP contribution in [0.25, 0.3) is 0 Å². The minimum atomic E-state index is 0.851. The fourth-order valence-corrected chi connectivity index (χ4v) is 0.954. The molecule has 0 amide bonds. The van der Waals surface area contributed by atoms with Gasteiger partial charge in [-0.1, -0.05) is 49.1 Å². The molecule has 1 N–H and O–H groups in total. The van der Waals surface area contributed by atoms with E-state index in [2.05, 4.69) is 50.2 Å². The van der Waals surface area contributed by atoms with Crippen molar-refractivity contribution in [3.05, 3.63) is 60.4 Å². The predicted molar refractivity (Wildman–Crippen MR) is 74.3 cm³/mol. The zero-order chi connectivity index (χ0) is 12.6. The van der Waals surface area contributed by atoms with Gasteiger partial charge in [-0.3, -0.25) is 0 Å². The maximum atomic E-state index is 4.00. The molecule has 0 saturated heterocycles. The summed E-state index contributed by atoms with van der Waals surface area (Å²) in [5.41, 5.74) is 4.25. The molecule has 1 heteroatoms. The van der Waals surface area contributed by atoms with Crippen LogP contribution in [-0.2, 0) is 0 Å². The highest BCUT2D eigenvalue weighted by Crippen LogP contribution is 2.04. The molecule has 0 aliphatic rings. The van der Waals surface area contributed by atoms with Crippen LogP contribution < -0.4 is 5.32 Å². The normalized spacial score (nSPS) is 11.6. The van der Waals surface area contributed by atoms with Gasteiger partial charge < -0.3 is 5.32 Å². The van der Waals surface area contributed by atoms with E-state index in [1.165, 1.54) is 5.57 Å². The van der Waals surface area contributed by atoms with Crippen molar-refractivity contribution in [3.8, 4) is 0 Å². The highest BCUT2D eigenvalue weighted by atomic mass is 14.9. The van der Waals surface area contributed by atoms with Gasteiger partial charge in [-0.2, -0.15) is 0 Å². The minimum Gasteiger partial charge on any atom is -0.385 e. The lowest BCUT2D eigenvalue weighted by Gasteiger charge is -2.08. The van der Waals surface area contributed by atoms with Gasteiger partial charge in [0.15, 0.2) is 0 Å². The summed E-state index contributed by atoms with van der Waals surface area (Å²) in [6, 6.07) is 0. The van der Waals surface area contributed by atoms with Crippen LogP contribution in [0.4, 0.5) is 0 Å². The largest absolute Gasteiger partial charge is 0.385 e. The molecule has 1 nitrogen and oxygen atoms in total. The van der Waals surface area contributed by atoms with Crippen molar-refractivity contribution < 1.29 is 0 Å². The molecular weight excluding hydrogens is 194 g/mol. The summed E-state index contributed by atoms with van der Waals surface area (Å²) in [5.74, 6) is 0.